The molecule has 5 heteroatoms. The lowest BCUT2D eigenvalue weighted by Crippen LogP contribution is -2.28. The van der Waals surface area contributed by atoms with Crippen LogP contribution < -0.4 is 0 Å². The first-order valence-corrected chi connectivity index (χ1v) is 12.4. The predicted octanol–water partition coefficient (Wildman–Crippen LogP) is 7.12. The lowest BCUT2D eigenvalue weighted by molar-refractivity contribution is -0.145. The molecule has 4 nitrogen and oxygen atoms in total. The van der Waals surface area contributed by atoms with Crippen LogP contribution in [0.5, 0.6) is 0 Å². The Bertz CT molecular complexity index is 945. The first kappa shape index (κ1) is 29.8. The van der Waals surface area contributed by atoms with Crippen molar-refractivity contribution >= 4 is 20.9 Å². The van der Waals surface area contributed by atoms with Crippen molar-refractivity contribution in [2.75, 3.05) is 6.61 Å². The number of hydrogen-bond acceptors (Lipinski definition) is 4. The molecule has 0 amide bonds. The van der Waals surface area contributed by atoms with Crippen LogP contribution in [0.25, 0.3) is 0 Å². The Balaban J connectivity index is 0.00000281. The molecule has 34 heavy (non-hydrogen) atoms. The number of benzene rings is 2. The summed E-state index contributed by atoms with van der Waals surface area (Å²) in [6.45, 7) is 19.3. The van der Waals surface area contributed by atoms with Crippen molar-refractivity contribution in [2.24, 2.45) is 11.3 Å². The van der Waals surface area contributed by atoms with E-state index < -0.39 is 11.9 Å². The van der Waals surface area contributed by atoms with Crippen LogP contribution in [0.2, 0.25) is 0 Å². The quantitative estimate of drug-likeness (QED) is 0.181. The smallest absolute Gasteiger partial charge is 0.321 e. The van der Waals surface area contributed by atoms with Gasteiger partial charge in [0.25, 0.3) is 0 Å². The van der Waals surface area contributed by atoms with Gasteiger partial charge in [0, 0.05) is 5.56 Å². The molecule has 0 aliphatic carbocycles. The topological polar surface area (TPSA) is 60.4 Å². The maximum Gasteiger partial charge on any atom is 0.321 e. The molecule has 3 atom stereocenters. The zero-order valence-corrected chi connectivity index (χ0v) is 23.9. The Morgan fingerprint density at radius 3 is 1.85 bits per heavy atom. The second-order valence-corrected chi connectivity index (χ2v) is 11.4. The summed E-state index contributed by atoms with van der Waals surface area (Å²) in [4.78, 5) is 27.0. The second-order valence-electron chi connectivity index (χ2n) is 11.4. The number of hydrogen-bond donors (Lipinski definition) is 0. The summed E-state index contributed by atoms with van der Waals surface area (Å²) >= 11 is 0. The van der Waals surface area contributed by atoms with Crippen LogP contribution in [0.1, 0.15) is 93.4 Å². The second kappa shape index (κ2) is 12.5. The summed E-state index contributed by atoms with van der Waals surface area (Å²) in [5.41, 5.74) is 4.40. The first-order chi connectivity index (χ1) is 15.7. The SMILES string of the molecule is Cc1cc(C(C)(C)C)cc(C)c1C(=O)C(C(=O)OCC(C)CC(C)(C)C)c1ccccc1.O=[PH3]. The lowest BCUT2D eigenvalue weighted by Gasteiger charge is -2.25. The van der Waals surface area contributed by atoms with Gasteiger partial charge in [-0.15, -0.1) is 0 Å². The fourth-order valence-corrected chi connectivity index (χ4v) is 4.38. The summed E-state index contributed by atoms with van der Waals surface area (Å²) in [6, 6.07) is 13.4. The molecule has 0 saturated carbocycles. The van der Waals surface area contributed by atoms with Gasteiger partial charge in [0.1, 0.15) is 5.92 Å². The van der Waals surface area contributed by atoms with Crippen LogP contribution in [0, 0.1) is 25.2 Å². The van der Waals surface area contributed by atoms with Crippen LogP contribution in [-0.2, 0) is 19.5 Å². The zero-order chi connectivity index (χ0) is 26.3. The van der Waals surface area contributed by atoms with Gasteiger partial charge in [-0.1, -0.05) is 90.9 Å². The molecule has 0 aromatic heterocycles. The molecular formula is C29H43O4P. The van der Waals surface area contributed by atoms with Crippen molar-refractivity contribution in [1.29, 1.82) is 0 Å². The standard InChI is InChI=1S/C29H40O3.H3OP/c1-19(17-28(4,5)6)18-32-27(31)25(22-13-11-10-12-14-22)26(30)24-20(2)15-23(16-21(24)3)29(7,8)9;1-2/h10-16,19,25H,17-18H2,1-9H3;2H3. The van der Waals surface area contributed by atoms with Gasteiger partial charge in [0.2, 0.25) is 0 Å². The summed E-state index contributed by atoms with van der Waals surface area (Å²) in [5, 5.41) is 0. The maximum atomic E-state index is 13.8. The highest BCUT2D eigenvalue weighted by Crippen LogP contribution is 2.31. The molecule has 0 spiro atoms. The van der Waals surface area contributed by atoms with Crippen LogP contribution in [0.15, 0.2) is 42.5 Å². The van der Waals surface area contributed by atoms with Crippen LogP contribution in [0.3, 0.4) is 0 Å². The molecule has 0 fully saturated rings. The highest BCUT2D eigenvalue weighted by atomic mass is 31.0. The molecule has 2 aromatic rings. The van der Waals surface area contributed by atoms with E-state index in [1.54, 1.807) is 0 Å². The largest absolute Gasteiger partial charge is 0.465 e. The third-order valence-corrected chi connectivity index (χ3v) is 5.75. The van der Waals surface area contributed by atoms with E-state index >= 15 is 0 Å². The van der Waals surface area contributed by atoms with E-state index in [0.29, 0.717) is 26.9 Å². The average molecular weight is 487 g/mol. The number of esters is 1. The van der Waals surface area contributed by atoms with Gasteiger partial charge < -0.3 is 9.30 Å². The molecule has 188 valence electrons. The van der Waals surface area contributed by atoms with Gasteiger partial charge in [0.15, 0.2) is 5.78 Å². The summed E-state index contributed by atoms with van der Waals surface area (Å²) in [7, 11) is 0.611. The van der Waals surface area contributed by atoms with Crippen LogP contribution in [-0.4, -0.2) is 18.4 Å². The zero-order valence-electron chi connectivity index (χ0n) is 22.5. The van der Waals surface area contributed by atoms with Gasteiger partial charge in [-0.25, -0.2) is 0 Å². The van der Waals surface area contributed by atoms with Crippen molar-refractivity contribution in [3.8, 4) is 0 Å². The number of aryl methyl sites for hydroxylation is 2. The molecule has 2 rings (SSSR count). The first-order valence-electron chi connectivity index (χ1n) is 11.9. The summed E-state index contributed by atoms with van der Waals surface area (Å²) in [6.07, 6.45) is 0.941. The number of ketones is 1. The van der Waals surface area contributed by atoms with Gasteiger partial charge in [0.05, 0.1) is 15.7 Å². The average Bonchev–Trinajstić information content (AvgIpc) is 2.72. The van der Waals surface area contributed by atoms with E-state index in [0.717, 1.165) is 17.5 Å². The van der Waals surface area contributed by atoms with Crippen molar-refractivity contribution in [1.82, 2.24) is 0 Å². The fourth-order valence-electron chi connectivity index (χ4n) is 4.38. The van der Waals surface area contributed by atoms with Crippen molar-refractivity contribution in [3.63, 3.8) is 0 Å². The maximum absolute atomic E-state index is 13.8. The molecule has 0 saturated heterocycles. The number of carbonyl (C=O) groups is 2. The molecule has 0 aliphatic heterocycles. The molecule has 0 radical (unpaired) electrons. The number of Topliss-reactive ketones (excluding diaryl/α,β-unsaturated/α-hetero) is 1. The normalized spacial score (nSPS) is 13.4. The van der Waals surface area contributed by atoms with E-state index in [9.17, 15) is 9.59 Å². The minimum absolute atomic E-state index is 0.0158. The lowest BCUT2D eigenvalue weighted by atomic mass is 9.81. The minimum Gasteiger partial charge on any atom is -0.465 e. The molecule has 0 bridgehead atoms. The van der Waals surface area contributed by atoms with E-state index in [1.807, 2.05) is 44.2 Å². The van der Waals surface area contributed by atoms with E-state index in [2.05, 4.69) is 60.6 Å². The molecule has 3 unspecified atom stereocenters. The van der Waals surface area contributed by atoms with E-state index in [1.165, 1.54) is 5.56 Å². The highest BCUT2D eigenvalue weighted by Gasteiger charge is 2.33. The number of carbonyl (C=O) groups excluding carboxylic acids is 2. The predicted molar refractivity (Wildman–Crippen MR) is 144 cm³/mol. The monoisotopic (exact) mass is 486 g/mol. The van der Waals surface area contributed by atoms with E-state index in [-0.39, 0.29) is 22.5 Å². The molecule has 0 N–H and O–H groups in total. The van der Waals surface area contributed by atoms with Gasteiger partial charge >= 0.3 is 5.97 Å². The summed E-state index contributed by atoms with van der Waals surface area (Å²) < 4.78 is 14.0. The molecular weight excluding hydrogens is 443 g/mol. The fraction of sp³-hybridized carbons (Fsp3) is 0.517. The molecule has 0 aliphatic rings. The third kappa shape index (κ3) is 8.55. The Morgan fingerprint density at radius 2 is 1.41 bits per heavy atom. The number of rotatable bonds is 7. The summed E-state index contributed by atoms with van der Waals surface area (Å²) in [5.74, 6) is -1.41. The van der Waals surface area contributed by atoms with Crippen molar-refractivity contribution in [2.45, 2.75) is 80.1 Å². The Morgan fingerprint density at radius 1 is 0.912 bits per heavy atom. The van der Waals surface area contributed by atoms with Gasteiger partial charge in [-0.05, 0) is 59.3 Å². The number of ether oxygens (including phenoxy) is 1. The Labute approximate surface area is 208 Å². The Hall–Kier alpha value is -2.19. The minimum atomic E-state index is -0.962. The molecule has 0 heterocycles. The van der Waals surface area contributed by atoms with Crippen LogP contribution >= 0.6 is 9.12 Å². The molecule has 2 aromatic carbocycles. The van der Waals surface area contributed by atoms with Crippen LogP contribution in [0.4, 0.5) is 0 Å². The van der Waals surface area contributed by atoms with Gasteiger partial charge in [-0.2, -0.15) is 0 Å². The van der Waals surface area contributed by atoms with Crippen molar-refractivity contribution < 1.29 is 18.9 Å². The van der Waals surface area contributed by atoms with E-state index in [4.69, 9.17) is 9.30 Å². The third-order valence-electron chi connectivity index (χ3n) is 5.75. The van der Waals surface area contributed by atoms with Crippen molar-refractivity contribution in [3.05, 3.63) is 70.3 Å². The highest BCUT2D eigenvalue weighted by molar-refractivity contribution is 7.00. The van der Waals surface area contributed by atoms with Gasteiger partial charge in [-0.3, -0.25) is 9.59 Å². The Kier molecular flexibility index (Phi) is 11.0.